The van der Waals surface area contributed by atoms with Crippen molar-refractivity contribution in [3.8, 4) is 0 Å². The Hall–Kier alpha value is -0.373. The maximum Gasteiger partial charge on any atom is 0.0777 e. The molecule has 0 N–H and O–H groups in total. The van der Waals surface area contributed by atoms with Crippen LogP contribution in [0.2, 0.25) is 18.1 Å². The average molecular weight is 380 g/mol. The quantitative estimate of drug-likeness (QED) is 0.121. The summed E-state index contributed by atoms with van der Waals surface area (Å²) in [5.41, 5.74) is 2.61. The molecule has 0 saturated heterocycles. The summed E-state index contributed by atoms with van der Waals surface area (Å²) < 4.78 is 0. The predicted octanol–water partition coefficient (Wildman–Crippen LogP) is 8.75. The van der Waals surface area contributed by atoms with Crippen LogP contribution in [-0.4, -0.2) is 20.8 Å². The molecule has 1 nitrogen and oxygen atoms in total. The zero-order valence-electron chi connectivity index (χ0n) is 18.7. The van der Waals surface area contributed by atoms with Gasteiger partial charge in [0.2, 0.25) is 0 Å². The Morgan fingerprint density at radius 2 is 1.19 bits per heavy atom. The van der Waals surface area contributed by atoms with Crippen molar-refractivity contribution in [3.63, 3.8) is 0 Å². The van der Waals surface area contributed by atoms with Gasteiger partial charge in [0.05, 0.1) is 8.07 Å². The summed E-state index contributed by atoms with van der Waals surface area (Å²) in [5, 5.41) is 0. The Balaban J connectivity index is 3.70. The predicted molar refractivity (Wildman–Crippen MR) is 125 cm³/mol. The van der Waals surface area contributed by atoms with Gasteiger partial charge in [0.1, 0.15) is 0 Å². The lowest BCUT2D eigenvalue weighted by atomic mass is 10.1. The van der Waals surface area contributed by atoms with E-state index < -0.39 is 8.07 Å². The molecule has 0 aromatic rings. The highest BCUT2D eigenvalue weighted by molar-refractivity contribution is 6.84. The summed E-state index contributed by atoms with van der Waals surface area (Å²) in [6.07, 6.45) is 22.5. The van der Waals surface area contributed by atoms with Gasteiger partial charge in [-0.05, 0) is 32.0 Å². The van der Waals surface area contributed by atoms with E-state index in [-0.39, 0.29) is 0 Å². The van der Waals surface area contributed by atoms with Gasteiger partial charge in [-0.3, -0.25) is 4.99 Å². The number of rotatable bonds is 19. The first kappa shape index (κ1) is 25.6. The van der Waals surface area contributed by atoms with E-state index >= 15 is 0 Å². The summed E-state index contributed by atoms with van der Waals surface area (Å²) in [5.74, 6) is 0. The molecule has 0 aliphatic rings. The molecule has 0 aliphatic heterocycles. The van der Waals surface area contributed by atoms with Crippen molar-refractivity contribution in [2.24, 2.45) is 4.99 Å². The van der Waals surface area contributed by atoms with E-state index in [4.69, 9.17) is 4.99 Å². The number of allylic oxidation sites excluding steroid dienone is 1. The Labute approximate surface area is 167 Å². The van der Waals surface area contributed by atoms with Gasteiger partial charge in [-0.2, -0.15) is 0 Å². The maximum atomic E-state index is 4.70. The third-order valence-corrected chi connectivity index (χ3v) is 10.9. The van der Waals surface area contributed by atoms with Crippen molar-refractivity contribution in [2.75, 3.05) is 6.54 Å². The lowest BCUT2D eigenvalue weighted by molar-refractivity contribution is 0.558. The molecule has 0 rings (SSSR count). The minimum atomic E-state index is -1.17. The van der Waals surface area contributed by atoms with Crippen molar-refractivity contribution < 1.29 is 0 Å². The summed E-state index contributed by atoms with van der Waals surface area (Å²) in [7, 11) is -1.17. The van der Waals surface area contributed by atoms with Gasteiger partial charge in [-0.1, -0.05) is 115 Å². The molecule has 0 spiro atoms. The first-order chi connectivity index (χ1) is 12.7. The highest BCUT2D eigenvalue weighted by atomic mass is 28.3. The SMILES string of the molecule is CC=C[Si](CCC)(CCC)CCC=NCCCCCCCCCCCC. The van der Waals surface area contributed by atoms with Gasteiger partial charge in [0, 0.05) is 6.54 Å². The molecule has 0 heterocycles. The number of hydrogen-bond acceptors (Lipinski definition) is 1. The zero-order valence-corrected chi connectivity index (χ0v) is 19.7. The molecule has 26 heavy (non-hydrogen) atoms. The van der Waals surface area contributed by atoms with Crippen molar-refractivity contribution in [1.82, 2.24) is 0 Å². The fourth-order valence-electron chi connectivity index (χ4n) is 4.20. The molecule has 154 valence electrons. The van der Waals surface area contributed by atoms with Crippen LogP contribution in [0, 0.1) is 0 Å². The number of unbranched alkanes of at least 4 members (excludes halogenated alkanes) is 9. The van der Waals surface area contributed by atoms with Crippen LogP contribution in [0.4, 0.5) is 0 Å². The summed E-state index contributed by atoms with van der Waals surface area (Å²) >= 11 is 0. The topological polar surface area (TPSA) is 12.4 Å². The number of nitrogens with zero attached hydrogens (tertiary/aromatic N) is 1. The molecule has 0 atom stereocenters. The monoisotopic (exact) mass is 379 g/mol. The second kappa shape index (κ2) is 19.4. The number of aliphatic imine (C=N–C) groups is 1. The standard InChI is InChI=1S/C24H49NSi/c1-5-9-10-11-12-13-14-15-16-17-19-25-20-18-24-26(21-6-2,22-7-3)23-8-4/h6,20-21H,5,7-19,22-24H2,1-4H3. The summed E-state index contributed by atoms with van der Waals surface area (Å²) in [6.45, 7) is 10.2. The lowest BCUT2D eigenvalue weighted by Crippen LogP contribution is -2.31. The Morgan fingerprint density at radius 1 is 0.654 bits per heavy atom. The van der Waals surface area contributed by atoms with Crippen LogP contribution in [0.25, 0.3) is 0 Å². The van der Waals surface area contributed by atoms with E-state index in [1.165, 1.54) is 102 Å². The smallest absolute Gasteiger partial charge is 0.0777 e. The van der Waals surface area contributed by atoms with Crippen LogP contribution in [0.3, 0.4) is 0 Å². The van der Waals surface area contributed by atoms with Crippen molar-refractivity contribution in [2.45, 2.75) is 129 Å². The first-order valence-corrected chi connectivity index (χ1v) is 14.6. The molecule has 0 aromatic carbocycles. The largest absolute Gasteiger partial charge is 0.298 e. The van der Waals surface area contributed by atoms with E-state index in [1.807, 2.05) is 0 Å². The van der Waals surface area contributed by atoms with E-state index in [1.54, 1.807) is 0 Å². The highest BCUT2D eigenvalue weighted by Gasteiger charge is 2.26. The minimum Gasteiger partial charge on any atom is -0.298 e. The van der Waals surface area contributed by atoms with Crippen LogP contribution in [-0.2, 0) is 0 Å². The van der Waals surface area contributed by atoms with Crippen LogP contribution >= 0.6 is 0 Å². The van der Waals surface area contributed by atoms with E-state index in [2.05, 4.69) is 45.7 Å². The Morgan fingerprint density at radius 3 is 1.69 bits per heavy atom. The number of hydrogen-bond donors (Lipinski definition) is 0. The van der Waals surface area contributed by atoms with Gasteiger partial charge < -0.3 is 0 Å². The van der Waals surface area contributed by atoms with E-state index in [0.717, 1.165) is 6.54 Å². The molecule has 0 saturated carbocycles. The van der Waals surface area contributed by atoms with Crippen LogP contribution in [0.5, 0.6) is 0 Å². The van der Waals surface area contributed by atoms with Gasteiger partial charge in [-0.15, -0.1) is 0 Å². The maximum absolute atomic E-state index is 4.70. The molecule has 0 fully saturated rings. The molecule has 2 heteroatoms. The van der Waals surface area contributed by atoms with Gasteiger partial charge >= 0.3 is 0 Å². The second-order valence-electron chi connectivity index (χ2n) is 8.17. The molecular weight excluding hydrogens is 330 g/mol. The summed E-state index contributed by atoms with van der Waals surface area (Å²) in [6, 6.07) is 4.31. The van der Waals surface area contributed by atoms with Crippen molar-refractivity contribution >= 4 is 14.3 Å². The van der Waals surface area contributed by atoms with Gasteiger partial charge in [-0.25, -0.2) is 0 Å². The third-order valence-electron chi connectivity index (χ3n) is 5.56. The fraction of sp³-hybridized carbons (Fsp3) is 0.875. The van der Waals surface area contributed by atoms with Crippen molar-refractivity contribution in [3.05, 3.63) is 11.8 Å². The Kier molecular flexibility index (Phi) is 19.1. The van der Waals surface area contributed by atoms with E-state index in [0.29, 0.717) is 0 Å². The fourth-order valence-corrected chi connectivity index (χ4v) is 8.85. The Bertz CT molecular complexity index is 329. The zero-order chi connectivity index (χ0) is 19.3. The van der Waals surface area contributed by atoms with Crippen molar-refractivity contribution in [1.29, 1.82) is 0 Å². The molecule has 0 aliphatic carbocycles. The van der Waals surface area contributed by atoms with Gasteiger partial charge in [0.25, 0.3) is 0 Å². The summed E-state index contributed by atoms with van der Waals surface area (Å²) in [4.78, 5) is 4.70. The highest BCUT2D eigenvalue weighted by Crippen LogP contribution is 2.27. The lowest BCUT2D eigenvalue weighted by Gasteiger charge is -2.27. The molecular formula is C24H49NSi. The van der Waals surface area contributed by atoms with Gasteiger partial charge in [0.15, 0.2) is 0 Å². The van der Waals surface area contributed by atoms with Crippen LogP contribution in [0.1, 0.15) is 111 Å². The average Bonchev–Trinajstić information content (AvgIpc) is 2.63. The third kappa shape index (κ3) is 14.8. The van der Waals surface area contributed by atoms with E-state index in [9.17, 15) is 0 Å². The minimum absolute atomic E-state index is 1.05. The molecule has 0 bridgehead atoms. The second-order valence-corrected chi connectivity index (χ2v) is 12.7. The molecule has 0 unspecified atom stereocenters. The molecule has 0 radical (unpaired) electrons. The first-order valence-electron chi connectivity index (χ1n) is 11.9. The van der Waals surface area contributed by atoms with Crippen LogP contribution < -0.4 is 0 Å². The molecule has 0 aromatic heterocycles. The van der Waals surface area contributed by atoms with Crippen LogP contribution in [0.15, 0.2) is 16.8 Å². The normalized spacial score (nSPS) is 12.6. The molecule has 0 amide bonds.